The number of amides is 3. The molecule has 3 heterocycles. The van der Waals surface area contributed by atoms with Crippen LogP contribution in [0, 0.1) is 0 Å². The molecule has 27 heavy (non-hydrogen) atoms. The fraction of sp³-hybridized carbons (Fsp3) is 0.421. The predicted molar refractivity (Wildman–Crippen MR) is 101 cm³/mol. The number of furan rings is 1. The maximum Gasteiger partial charge on any atom is 0.264 e. The molecule has 3 amide bonds. The van der Waals surface area contributed by atoms with Gasteiger partial charge in [0.05, 0.1) is 17.7 Å². The molecule has 1 fully saturated rings. The third-order valence-corrected chi connectivity index (χ3v) is 5.43. The smallest absolute Gasteiger partial charge is 0.264 e. The van der Waals surface area contributed by atoms with Crippen molar-refractivity contribution in [3.05, 3.63) is 46.5 Å². The molecule has 2 unspecified atom stereocenters. The Morgan fingerprint density at radius 1 is 1.30 bits per heavy atom. The van der Waals surface area contributed by atoms with Crippen LogP contribution in [0.2, 0.25) is 0 Å². The monoisotopic (exact) mass is 389 g/mol. The van der Waals surface area contributed by atoms with Crippen molar-refractivity contribution < 1.29 is 18.8 Å². The Morgan fingerprint density at radius 2 is 2.15 bits per heavy atom. The Balaban J connectivity index is 1.57. The summed E-state index contributed by atoms with van der Waals surface area (Å²) in [5, 5.41) is 7.31. The maximum absolute atomic E-state index is 12.7. The zero-order valence-corrected chi connectivity index (χ0v) is 16.0. The third kappa shape index (κ3) is 4.77. The number of carbonyl (C=O) groups is 3. The predicted octanol–water partition coefficient (Wildman–Crippen LogP) is 2.16. The van der Waals surface area contributed by atoms with Gasteiger partial charge in [-0.15, -0.1) is 11.3 Å². The molecule has 1 saturated heterocycles. The van der Waals surface area contributed by atoms with Crippen molar-refractivity contribution in [1.29, 1.82) is 0 Å². The number of hydrogen-bond donors (Lipinski definition) is 2. The van der Waals surface area contributed by atoms with Gasteiger partial charge in [-0.2, -0.15) is 0 Å². The average molecular weight is 389 g/mol. The summed E-state index contributed by atoms with van der Waals surface area (Å²) < 4.78 is 5.17. The van der Waals surface area contributed by atoms with E-state index >= 15 is 0 Å². The van der Waals surface area contributed by atoms with Gasteiger partial charge in [0.15, 0.2) is 0 Å². The molecule has 2 aromatic rings. The van der Waals surface area contributed by atoms with Crippen LogP contribution >= 0.6 is 11.3 Å². The highest BCUT2D eigenvalue weighted by Crippen LogP contribution is 2.22. The molecule has 3 rings (SSSR count). The van der Waals surface area contributed by atoms with E-state index in [0.29, 0.717) is 23.6 Å². The molecular formula is C19H23N3O4S. The van der Waals surface area contributed by atoms with Crippen LogP contribution in [0.1, 0.15) is 41.6 Å². The molecule has 144 valence electrons. The van der Waals surface area contributed by atoms with Gasteiger partial charge in [0.1, 0.15) is 17.8 Å². The van der Waals surface area contributed by atoms with Crippen molar-refractivity contribution in [2.24, 2.45) is 0 Å². The number of rotatable bonds is 6. The normalized spacial score (nSPS) is 18.0. The number of nitrogens with one attached hydrogen (secondary N) is 2. The average Bonchev–Trinajstić information content (AvgIpc) is 3.39. The number of piperidine rings is 1. The maximum atomic E-state index is 12.7. The summed E-state index contributed by atoms with van der Waals surface area (Å²) in [6, 6.07) is 5.85. The summed E-state index contributed by atoms with van der Waals surface area (Å²) in [5.41, 5.74) is 0. The van der Waals surface area contributed by atoms with Crippen molar-refractivity contribution in [2.75, 3.05) is 6.54 Å². The molecule has 0 aliphatic carbocycles. The molecule has 0 saturated carbocycles. The van der Waals surface area contributed by atoms with E-state index in [-0.39, 0.29) is 24.3 Å². The Kier molecular flexibility index (Phi) is 6.28. The second-order valence-electron chi connectivity index (χ2n) is 6.51. The summed E-state index contributed by atoms with van der Waals surface area (Å²) in [6.07, 6.45) is 3.89. The van der Waals surface area contributed by atoms with Gasteiger partial charge in [0.2, 0.25) is 11.8 Å². The number of likely N-dealkylation sites (tertiary alicyclic amines) is 1. The number of carbonyl (C=O) groups excluding carboxylic acids is 3. The largest absolute Gasteiger partial charge is 0.467 e. The highest BCUT2D eigenvalue weighted by atomic mass is 32.1. The van der Waals surface area contributed by atoms with E-state index in [1.807, 2.05) is 11.4 Å². The summed E-state index contributed by atoms with van der Waals surface area (Å²) in [4.78, 5) is 39.9. The Labute approximate surface area is 161 Å². The lowest BCUT2D eigenvalue weighted by molar-refractivity contribution is -0.131. The minimum Gasteiger partial charge on any atom is -0.467 e. The first kappa shape index (κ1) is 19.2. The van der Waals surface area contributed by atoms with Crippen molar-refractivity contribution in [2.45, 2.75) is 44.8 Å². The van der Waals surface area contributed by atoms with Crippen LogP contribution in [0.3, 0.4) is 0 Å². The van der Waals surface area contributed by atoms with Gasteiger partial charge >= 0.3 is 0 Å². The summed E-state index contributed by atoms with van der Waals surface area (Å²) in [5.74, 6) is -0.0754. The van der Waals surface area contributed by atoms with Crippen LogP contribution in [0.25, 0.3) is 0 Å². The Hall–Kier alpha value is -2.61. The van der Waals surface area contributed by atoms with Crippen LogP contribution in [-0.4, -0.2) is 41.2 Å². The molecule has 0 spiro atoms. The van der Waals surface area contributed by atoms with Crippen LogP contribution in [0.15, 0.2) is 40.3 Å². The van der Waals surface area contributed by atoms with E-state index in [0.717, 1.165) is 12.8 Å². The SMILES string of the molecule is CC(NC(=O)C1CCCCN1C(=O)c1cccs1)C(=O)NCc1ccco1. The second kappa shape index (κ2) is 8.85. The van der Waals surface area contributed by atoms with E-state index in [2.05, 4.69) is 10.6 Å². The highest BCUT2D eigenvalue weighted by molar-refractivity contribution is 7.12. The number of hydrogen-bond acceptors (Lipinski definition) is 5. The molecule has 0 radical (unpaired) electrons. The van der Waals surface area contributed by atoms with Crippen LogP contribution < -0.4 is 10.6 Å². The van der Waals surface area contributed by atoms with E-state index in [4.69, 9.17) is 4.42 Å². The molecule has 2 aromatic heterocycles. The molecule has 7 nitrogen and oxygen atoms in total. The van der Waals surface area contributed by atoms with Gasteiger partial charge in [-0.1, -0.05) is 6.07 Å². The fourth-order valence-corrected chi connectivity index (χ4v) is 3.78. The molecular weight excluding hydrogens is 366 g/mol. The van der Waals surface area contributed by atoms with Gasteiger partial charge in [-0.25, -0.2) is 0 Å². The van der Waals surface area contributed by atoms with E-state index < -0.39 is 12.1 Å². The molecule has 2 N–H and O–H groups in total. The molecule has 1 aliphatic heterocycles. The van der Waals surface area contributed by atoms with E-state index in [1.165, 1.54) is 17.6 Å². The second-order valence-corrected chi connectivity index (χ2v) is 7.46. The zero-order chi connectivity index (χ0) is 19.2. The first-order chi connectivity index (χ1) is 13.1. The number of nitrogens with zero attached hydrogens (tertiary/aromatic N) is 1. The van der Waals surface area contributed by atoms with Gasteiger partial charge in [0, 0.05) is 6.54 Å². The molecule has 1 aliphatic rings. The van der Waals surface area contributed by atoms with Crippen molar-refractivity contribution in [3.63, 3.8) is 0 Å². The highest BCUT2D eigenvalue weighted by Gasteiger charge is 2.34. The molecule has 0 bridgehead atoms. The molecule has 8 heteroatoms. The van der Waals surface area contributed by atoms with Crippen LogP contribution in [-0.2, 0) is 16.1 Å². The van der Waals surface area contributed by atoms with Gasteiger partial charge in [-0.3, -0.25) is 14.4 Å². The minimum atomic E-state index is -0.701. The lowest BCUT2D eigenvalue weighted by Crippen LogP contribution is -2.55. The first-order valence-corrected chi connectivity index (χ1v) is 9.89. The lowest BCUT2D eigenvalue weighted by Gasteiger charge is -2.35. The Bertz CT molecular complexity index is 773. The fourth-order valence-electron chi connectivity index (χ4n) is 3.10. The molecule has 0 aromatic carbocycles. The quantitative estimate of drug-likeness (QED) is 0.792. The van der Waals surface area contributed by atoms with Crippen LogP contribution in [0.5, 0.6) is 0 Å². The van der Waals surface area contributed by atoms with E-state index in [1.54, 1.807) is 30.0 Å². The lowest BCUT2D eigenvalue weighted by atomic mass is 10.0. The summed E-state index contributed by atoms with van der Waals surface area (Å²) in [7, 11) is 0. The van der Waals surface area contributed by atoms with Crippen molar-refractivity contribution in [1.82, 2.24) is 15.5 Å². The molecule has 2 atom stereocenters. The third-order valence-electron chi connectivity index (χ3n) is 4.57. The Morgan fingerprint density at radius 3 is 2.85 bits per heavy atom. The zero-order valence-electron chi connectivity index (χ0n) is 15.1. The van der Waals surface area contributed by atoms with Crippen molar-refractivity contribution in [3.8, 4) is 0 Å². The summed E-state index contributed by atoms with van der Waals surface area (Å²) >= 11 is 1.37. The van der Waals surface area contributed by atoms with Gasteiger partial charge < -0.3 is 20.0 Å². The standard InChI is InChI=1S/C19H23N3O4S/c1-13(17(23)20-12-14-6-4-10-26-14)21-18(24)15-7-2-3-9-22(15)19(25)16-8-5-11-27-16/h4-6,8,10-11,13,15H,2-3,7,9,12H2,1H3,(H,20,23)(H,21,24). The van der Waals surface area contributed by atoms with Gasteiger partial charge in [0.25, 0.3) is 5.91 Å². The van der Waals surface area contributed by atoms with Crippen molar-refractivity contribution >= 4 is 29.1 Å². The van der Waals surface area contributed by atoms with Gasteiger partial charge in [-0.05, 0) is 49.8 Å². The van der Waals surface area contributed by atoms with E-state index in [9.17, 15) is 14.4 Å². The number of thiophene rings is 1. The van der Waals surface area contributed by atoms with Crippen LogP contribution in [0.4, 0.5) is 0 Å². The topological polar surface area (TPSA) is 91.7 Å². The summed E-state index contributed by atoms with van der Waals surface area (Å²) in [6.45, 7) is 2.44. The first-order valence-electron chi connectivity index (χ1n) is 9.01. The minimum absolute atomic E-state index is 0.125.